The van der Waals surface area contributed by atoms with Crippen LogP contribution in [0.25, 0.3) is 0 Å². The average Bonchev–Trinajstić information content (AvgIpc) is 3.59. The van der Waals surface area contributed by atoms with Crippen molar-refractivity contribution in [3.05, 3.63) is 64.7 Å². The maximum absolute atomic E-state index is 14.0. The number of alkyl carbamates (subject to hydrolysis) is 1. The Labute approximate surface area is 275 Å². The lowest BCUT2D eigenvalue weighted by molar-refractivity contribution is -0.152. The number of hydrogen-bond acceptors (Lipinski definition) is 9. The fourth-order valence-electron chi connectivity index (χ4n) is 6.53. The highest BCUT2D eigenvalue weighted by Crippen LogP contribution is 2.40. The van der Waals surface area contributed by atoms with Crippen LogP contribution in [-0.2, 0) is 36.8 Å². The molecule has 0 spiro atoms. The van der Waals surface area contributed by atoms with Gasteiger partial charge < -0.3 is 40.2 Å². The minimum atomic E-state index is -1.63. The summed E-state index contributed by atoms with van der Waals surface area (Å²) in [5, 5.41) is 20.5. The fraction of sp³-hybridized carbons (Fsp3) is 0.559. The third-order valence-electron chi connectivity index (χ3n) is 9.27. The molecule has 4 N–H and O–H groups in total. The molecule has 3 aliphatic rings. The van der Waals surface area contributed by atoms with Crippen molar-refractivity contribution in [3.8, 4) is 0 Å². The van der Waals surface area contributed by atoms with E-state index in [1.807, 2.05) is 77.2 Å². The van der Waals surface area contributed by atoms with Gasteiger partial charge in [0.25, 0.3) is 5.91 Å². The minimum absolute atomic E-state index is 0.0646. The van der Waals surface area contributed by atoms with Gasteiger partial charge in [-0.25, -0.2) is 4.79 Å². The second-order valence-electron chi connectivity index (χ2n) is 12.8. The Bertz CT molecular complexity index is 1380. The number of benzene rings is 2. The molecule has 6 atom stereocenters. The normalized spacial score (nSPS) is 24.9. The molecule has 0 saturated carbocycles. The summed E-state index contributed by atoms with van der Waals surface area (Å²) in [5.74, 6) is -0.770. The molecule has 5 rings (SSSR count). The molecule has 11 nitrogen and oxygen atoms in total. The number of thioether (sulfide) groups is 1. The van der Waals surface area contributed by atoms with E-state index < -0.39 is 47.3 Å². The number of aliphatic hydroxyl groups is 1. The molecule has 3 aliphatic heterocycles. The molecule has 3 heterocycles. The van der Waals surface area contributed by atoms with Crippen molar-refractivity contribution in [2.75, 3.05) is 31.5 Å². The van der Waals surface area contributed by atoms with Crippen LogP contribution in [0.1, 0.15) is 48.9 Å². The Balaban J connectivity index is 1.31. The van der Waals surface area contributed by atoms with Crippen molar-refractivity contribution in [2.45, 2.75) is 88.8 Å². The van der Waals surface area contributed by atoms with E-state index >= 15 is 0 Å². The van der Waals surface area contributed by atoms with Gasteiger partial charge in [0, 0.05) is 36.6 Å². The zero-order chi connectivity index (χ0) is 33.0. The molecule has 250 valence electrons. The van der Waals surface area contributed by atoms with Gasteiger partial charge in [-0.1, -0.05) is 30.3 Å². The van der Waals surface area contributed by atoms with Crippen LogP contribution in [-0.4, -0.2) is 89.4 Å². The first-order valence-corrected chi connectivity index (χ1v) is 16.9. The second kappa shape index (κ2) is 14.6. The summed E-state index contributed by atoms with van der Waals surface area (Å²) < 4.78 is 16.5. The van der Waals surface area contributed by atoms with Crippen LogP contribution >= 0.6 is 11.8 Å². The van der Waals surface area contributed by atoms with E-state index in [0.29, 0.717) is 13.2 Å². The monoisotopic (exact) mass is 654 g/mol. The minimum Gasteiger partial charge on any atom is -0.443 e. The number of carbonyl (C=O) groups excluding carboxylic acids is 3. The maximum atomic E-state index is 14.0. The number of fused-ring (bicyclic) bond motifs is 1. The van der Waals surface area contributed by atoms with E-state index in [-0.39, 0.29) is 30.7 Å². The summed E-state index contributed by atoms with van der Waals surface area (Å²) in [6, 6.07) is 11.6. The van der Waals surface area contributed by atoms with Gasteiger partial charge in [0.1, 0.15) is 12.1 Å². The van der Waals surface area contributed by atoms with Crippen molar-refractivity contribution in [1.29, 1.82) is 0 Å². The number of hydrogen-bond donors (Lipinski definition) is 4. The smallest absolute Gasteiger partial charge is 0.407 e. The van der Waals surface area contributed by atoms with Gasteiger partial charge in [0.15, 0.2) is 12.4 Å². The maximum Gasteiger partial charge on any atom is 0.407 e. The third-order valence-corrected chi connectivity index (χ3v) is 10.6. The Morgan fingerprint density at radius 1 is 1.11 bits per heavy atom. The van der Waals surface area contributed by atoms with Gasteiger partial charge in [-0.3, -0.25) is 9.59 Å². The van der Waals surface area contributed by atoms with Crippen molar-refractivity contribution >= 4 is 35.4 Å². The number of ether oxygens (including phenoxy) is 3. The zero-order valence-electron chi connectivity index (χ0n) is 27.2. The summed E-state index contributed by atoms with van der Waals surface area (Å²) >= 11 is 1.47. The number of nitrogens with zero attached hydrogens (tertiary/aromatic N) is 1. The number of aliphatic hydroxyl groups excluding tert-OH is 1. The molecule has 0 radical (unpaired) electrons. The van der Waals surface area contributed by atoms with E-state index in [9.17, 15) is 19.5 Å². The first-order valence-electron chi connectivity index (χ1n) is 15.9. The average molecular weight is 655 g/mol. The molecule has 0 aromatic heterocycles. The van der Waals surface area contributed by atoms with Gasteiger partial charge in [-0.05, 0) is 81.3 Å². The number of nitrogens with one attached hydrogen (secondary N) is 3. The zero-order valence-corrected chi connectivity index (χ0v) is 28.0. The molecular weight excluding hydrogens is 608 g/mol. The number of anilines is 1. The van der Waals surface area contributed by atoms with Crippen molar-refractivity contribution in [3.63, 3.8) is 0 Å². The highest BCUT2D eigenvalue weighted by molar-refractivity contribution is 8.00. The lowest BCUT2D eigenvalue weighted by Crippen LogP contribution is -2.58. The molecule has 0 bridgehead atoms. The molecule has 2 aromatic rings. The van der Waals surface area contributed by atoms with Crippen LogP contribution < -0.4 is 16.0 Å². The number of aryl methyl sites for hydroxylation is 2. The van der Waals surface area contributed by atoms with Crippen LogP contribution in [0.2, 0.25) is 0 Å². The van der Waals surface area contributed by atoms with Gasteiger partial charge in [-0.15, -0.1) is 11.8 Å². The lowest BCUT2D eigenvalue weighted by Gasteiger charge is -2.33. The Morgan fingerprint density at radius 3 is 2.52 bits per heavy atom. The highest BCUT2D eigenvalue weighted by atomic mass is 32.2. The number of amides is 3. The third kappa shape index (κ3) is 7.62. The van der Waals surface area contributed by atoms with Crippen LogP contribution in [0.4, 0.5) is 10.5 Å². The SMILES string of the molecule is CNc1ccc(C[C@H](NC(=O)O[C@H]2CO[C@H]3OCCC[C@H]32)[C@H](O)C(=O)N2CSC(C)(C)[C@H]2C(=O)NCc2c(C)cccc2C)cc1. The first-order chi connectivity index (χ1) is 22.0. The standard InChI is InChI=1S/C34H46N4O7S/c1-20-8-6-9-21(2)25(20)17-36-30(40)29-34(3,4)46-19-38(29)31(41)28(39)26(16-22-11-13-23(35-5)14-12-22)37-33(42)45-27-18-44-32-24(27)10-7-15-43-32/h6,8-9,11-14,24,26-29,32,35,39H,7,10,15-19H2,1-5H3,(H,36,40)(H,37,42)/t24-,26-,27-,28-,29+,32+/m0/s1. The summed E-state index contributed by atoms with van der Waals surface area (Å²) in [5.41, 5.74) is 4.88. The van der Waals surface area contributed by atoms with Crippen molar-refractivity contribution < 1.29 is 33.7 Å². The number of carbonyl (C=O) groups is 3. The van der Waals surface area contributed by atoms with Crippen LogP contribution in [0.3, 0.4) is 0 Å². The number of rotatable bonds is 10. The van der Waals surface area contributed by atoms with E-state index in [1.54, 1.807) is 0 Å². The molecule has 2 aromatic carbocycles. The van der Waals surface area contributed by atoms with Gasteiger partial charge in [0.05, 0.1) is 18.5 Å². The predicted molar refractivity (Wildman–Crippen MR) is 176 cm³/mol. The summed E-state index contributed by atoms with van der Waals surface area (Å²) in [6.07, 6.45) is -1.43. The molecule has 3 fully saturated rings. The molecule has 12 heteroatoms. The molecule has 3 saturated heterocycles. The van der Waals surface area contributed by atoms with Gasteiger partial charge in [0.2, 0.25) is 5.91 Å². The summed E-state index contributed by atoms with van der Waals surface area (Å²) in [4.78, 5) is 42.4. The molecule has 0 aliphatic carbocycles. The summed E-state index contributed by atoms with van der Waals surface area (Å²) in [7, 11) is 1.82. The second-order valence-corrected chi connectivity index (χ2v) is 14.4. The predicted octanol–water partition coefficient (Wildman–Crippen LogP) is 3.49. The first kappa shape index (κ1) is 34.0. The van der Waals surface area contributed by atoms with Gasteiger partial charge in [-0.2, -0.15) is 0 Å². The molecule has 0 unspecified atom stereocenters. The van der Waals surface area contributed by atoms with Crippen molar-refractivity contribution in [2.24, 2.45) is 5.92 Å². The molecular formula is C34H46N4O7S. The fourth-order valence-corrected chi connectivity index (χ4v) is 7.67. The van der Waals surface area contributed by atoms with E-state index in [0.717, 1.165) is 40.8 Å². The van der Waals surface area contributed by atoms with E-state index in [4.69, 9.17) is 14.2 Å². The topological polar surface area (TPSA) is 138 Å². The summed E-state index contributed by atoms with van der Waals surface area (Å²) in [6.45, 7) is 9.00. The van der Waals surface area contributed by atoms with E-state index in [2.05, 4.69) is 16.0 Å². The molecule has 46 heavy (non-hydrogen) atoms. The molecule has 3 amide bonds. The van der Waals surface area contributed by atoms with Gasteiger partial charge >= 0.3 is 6.09 Å². The van der Waals surface area contributed by atoms with Crippen molar-refractivity contribution in [1.82, 2.24) is 15.5 Å². The van der Waals surface area contributed by atoms with Crippen LogP contribution in [0.5, 0.6) is 0 Å². The Kier molecular flexibility index (Phi) is 10.8. The quantitative estimate of drug-likeness (QED) is 0.303. The Hall–Kier alpha value is -3.32. The Morgan fingerprint density at radius 2 is 1.83 bits per heavy atom. The lowest BCUT2D eigenvalue weighted by atomic mass is 9.96. The van der Waals surface area contributed by atoms with Crippen LogP contribution in [0, 0.1) is 19.8 Å². The van der Waals surface area contributed by atoms with E-state index in [1.165, 1.54) is 16.7 Å². The largest absolute Gasteiger partial charge is 0.443 e. The van der Waals surface area contributed by atoms with Crippen LogP contribution in [0.15, 0.2) is 42.5 Å². The highest BCUT2D eigenvalue weighted by Gasteiger charge is 2.50.